The molecule has 1 unspecified atom stereocenters. The quantitative estimate of drug-likeness (QED) is 0.643. The van der Waals surface area contributed by atoms with Gasteiger partial charge in [0.1, 0.15) is 5.75 Å². The van der Waals surface area contributed by atoms with Gasteiger partial charge < -0.3 is 4.74 Å². The maximum atomic E-state index is 5.63. The molecule has 0 spiro atoms. The zero-order chi connectivity index (χ0) is 12.3. The molecule has 0 aliphatic rings. The molecule has 0 saturated carbocycles. The Bertz CT molecular complexity index is 481. The molecule has 0 amide bonds. The Balaban J connectivity index is 2.32. The Morgan fingerprint density at radius 1 is 1.35 bits per heavy atom. The first-order valence-corrected chi connectivity index (χ1v) is 6.14. The van der Waals surface area contributed by atoms with E-state index in [0.29, 0.717) is 0 Å². The second kappa shape index (κ2) is 5.27. The fourth-order valence-electron chi connectivity index (χ4n) is 1.71. The van der Waals surface area contributed by atoms with Crippen LogP contribution in [0.25, 0.3) is 0 Å². The van der Waals surface area contributed by atoms with Crippen molar-refractivity contribution in [2.45, 2.75) is 13.0 Å². The molecule has 90 valence electrons. The molecule has 17 heavy (non-hydrogen) atoms. The lowest BCUT2D eigenvalue weighted by atomic mass is 10.1. The molecule has 0 aliphatic heterocycles. The van der Waals surface area contributed by atoms with Crippen LogP contribution in [0.3, 0.4) is 0 Å². The fraction of sp³-hybridized carbons (Fsp3) is 0.250. The molecule has 1 aromatic carbocycles. The number of rotatable bonds is 4. The molecule has 3 N–H and O–H groups in total. The van der Waals surface area contributed by atoms with Crippen LogP contribution in [0.4, 0.5) is 0 Å². The predicted molar refractivity (Wildman–Crippen MR) is 69.0 cm³/mol. The molecule has 5 heteroatoms. The van der Waals surface area contributed by atoms with Crippen LogP contribution in [-0.4, -0.2) is 12.1 Å². The molecule has 0 aliphatic carbocycles. The molecule has 0 saturated heterocycles. The Hall–Kier alpha value is -1.43. The van der Waals surface area contributed by atoms with Crippen LogP contribution < -0.4 is 16.0 Å². The van der Waals surface area contributed by atoms with Crippen molar-refractivity contribution in [3.8, 4) is 5.75 Å². The van der Waals surface area contributed by atoms with Crippen LogP contribution in [0.2, 0.25) is 0 Å². The normalized spacial score (nSPS) is 12.4. The summed E-state index contributed by atoms with van der Waals surface area (Å²) in [4.78, 5) is 5.38. The van der Waals surface area contributed by atoms with Gasteiger partial charge in [-0.15, -0.1) is 11.3 Å². The molecule has 1 aromatic heterocycles. The van der Waals surface area contributed by atoms with Crippen LogP contribution in [0.15, 0.2) is 29.8 Å². The summed E-state index contributed by atoms with van der Waals surface area (Å²) in [7, 11) is 1.65. The maximum Gasteiger partial charge on any atom is 0.118 e. The Morgan fingerprint density at radius 3 is 2.53 bits per heavy atom. The van der Waals surface area contributed by atoms with Gasteiger partial charge in [0.05, 0.1) is 29.2 Å². The standard InChI is InChI=1S/C12H15N3OS/c1-8-12(17-7-14-8)11(15-13)9-3-5-10(16-2)6-4-9/h3-7,11,15H,13H2,1-2H3. The number of benzene rings is 1. The van der Waals surface area contributed by atoms with E-state index in [4.69, 9.17) is 10.6 Å². The highest BCUT2D eigenvalue weighted by atomic mass is 32.1. The minimum Gasteiger partial charge on any atom is -0.497 e. The molecule has 0 radical (unpaired) electrons. The van der Waals surface area contributed by atoms with Crippen molar-refractivity contribution in [3.63, 3.8) is 0 Å². The molecule has 0 bridgehead atoms. The third-order valence-corrected chi connectivity index (χ3v) is 3.66. The number of nitrogens with two attached hydrogens (primary N) is 1. The molecule has 2 aromatic rings. The second-order valence-electron chi connectivity index (χ2n) is 3.67. The Morgan fingerprint density at radius 2 is 2.06 bits per heavy atom. The van der Waals surface area contributed by atoms with Crippen LogP contribution >= 0.6 is 11.3 Å². The van der Waals surface area contributed by atoms with E-state index < -0.39 is 0 Å². The van der Waals surface area contributed by atoms with Crippen molar-refractivity contribution in [3.05, 3.63) is 45.9 Å². The number of aryl methyl sites for hydroxylation is 1. The molecule has 0 fully saturated rings. The number of thiazole rings is 1. The van der Waals surface area contributed by atoms with E-state index in [0.717, 1.165) is 21.9 Å². The zero-order valence-electron chi connectivity index (χ0n) is 9.81. The van der Waals surface area contributed by atoms with E-state index in [-0.39, 0.29) is 6.04 Å². The topological polar surface area (TPSA) is 60.2 Å². The summed E-state index contributed by atoms with van der Waals surface area (Å²) in [6, 6.07) is 7.84. The van der Waals surface area contributed by atoms with Crippen LogP contribution in [0.5, 0.6) is 5.75 Å². The highest BCUT2D eigenvalue weighted by molar-refractivity contribution is 7.09. The molecule has 2 rings (SSSR count). The highest BCUT2D eigenvalue weighted by Crippen LogP contribution is 2.28. The zero-order valence-corrected chi connectivity index (χ0v) is 10.6. The van der Waals surface area contributed by atoms with Gasteiger partial charge >= 0.3 is 0 Å². The van der Waals surface area contributed by atoms with E-state index in [1.165, 1.54) is 0 Å². The van der Waals surface area contributed by atoms with Gasteiger partial charge in [0.15, 0.2) is 0 Å². The summed E-state index contributed by atoms with van der Waals surface area (Å²) in [5.74, 6) is 6.47. The molecular formula is C12H15N3OS. The number of hydrogen-bond acceptors (Lipinski definition) is 5. The third kappa shape index (κ3) is 2.46. The summed E-state index contributed by atoms with van der Waals surface area (Å²) < 4.78 is 5.14. The van der Waals surface area contributed by atoms with Crippen LogP contribution in [-0.2, 0) is 0 Å². The van der Waals surface area contributed by atoms with Crippen LogP contribution in [0.1, 0.15) is 22.2 Å². The summed E-state index contributed by atoms with van der Waals surface area (Å²) in [5, 5.41) is 0. The summed E-state index contributed by atoms with van der Waals surface area (Å²) in [5.41, 5.74) is 6.77. The first kappa shape index (κ1) is 12.0. The average molecular weight is 249 g/mol. The van der Waals surface area contributed by atoms with Gasteiger partial charge in [0, 0.05) is 0 Å². The van der Waals surface area contributed by atoms with Crippen molar-refractivity contribution in [2.75, 3.05) is 7.11 Å². The number of methoxy groups -OCH3 is 1. The minimum atomic E-state index is -0.0200. The largest absolute Gasteiger partial charge is 0.497 e. The Kier molecular flexibility index (Phi) is 3.73. The number of hydrogen-bond donors (Lipinski definition) is 2. The minimum absolute atomic E-state index is 0.0200. The monoisotopic (exact) mass is 249 g/mol. The SMILES string of the molecule is COc1ccc(C(NN)c2scnc2C)cc1. The van der Waals surface area contributed by atoms with Gasteiger partial charge in [-0.3, -0.25) is 5.84 Å². The second-order valence-corrected chi connectivity index (χ2v) is 4.56. The number of aromatic nitrogens is 1. The number of nitrogens with zero attached hydrogens (tertiary/aromatic N) is 1. The average Bonchev–Trinajstić information content (AvgIpc) is 2.78. The van der Waals surface area contributed by atoms with Gasteiger partial charge in [-0.2, -0.15) is 0 Å². The van der Waals surface area contributed by atoms with Crippen molar-refractivity contribution >= 4 is 11.3 Å². The summed E-state index contributed by atoms with van der Waals surface area (Å²) in [6.07, 6.45) is 0. The van der Waals surface area contributed by atoms with E-state index in [1.807, 2.05) is 36.7 Å². The lowest BCUT2D eigenvalue weighted by molar-refractivity contribution is 0.414. The highest BCUT2D eigenvalue weighted by Gasteiger charge is 2.16. The first-order chi connectivity index (χ1) is 8.26. The molecule has 4 nitrogen and oxygen atoms in total. The van der Waals surface area contributed by atoms with E-state index >= 15 is 0 Å². The predicted octanol–water partition coefficient (Wildman–Crippen LogP) is 2.01. The molecule has 1 heterocycles. The van der Waals surface area contributed by atoms with Gasteiger partial charge in [-0.05, 0) is 24.6 Å². The summed E-state index contributed by atoms with van der Waals surface area (Å²) >= 11 is 1.60. The number of nitrogens with one attached hydrogen (secondary N) is 1. The Labute approximate surface area is 104 Å². The number of ether oxygens (including phenoxy) is 1. The fourth-order valence-corrected chi connectivity index (χ4v) is 2.60. The van der Waals surface area contributed by atoms with Crippen LogP contribution in [0, 0.1) is 6.92 Å². The van der Waals surface area contributed by atoms with Crippen molar-refractivity contribution in [1.29, 1.82) is 0 Å². The van der Waals surface area contributed by atoms with E-state index in [1.54, 1.807) is 18.4 Å². The van der Waals surface area contributed by atoms with E-state index in [9.17, 15) is 0 Å². The first-order valence-electron chi connectivity index (χ1n) is 5.26. The maximum absolute atomic E-state index is 5.63. The van der Waals surface area contributed by atoms with Crippen molar-refractivity contribution in [2.24, 2.45) is 5.84 Å². The van der Waals surface area contributed by atoms with Gasteiger partial charge in [-0.25, -0.2) is 10.4 Å². The van der Waals surface area contributed by atoms with Gasteiger partial charge in [-0.1, -0.05) is 12.1 Å². The van der Waals surface area contributed by atoms with Crippen molar-refractivity contribution < 1.29 is 4.74 Å². The smallest absolute Gasteiger partial charge is 0.118 e. The van der Waals surface area contributed by atoms with Crippen molar-refractivity contribution in [1.82, 2.24) is 10.4 Å². The van der Waals surface area contributed by atoms with E-state index in [2.05, 4.69) is 10.4 Å². The lowest BCUT2D eigenvalue weighted by Gasteiger charge is -2.15. The molecule has 1 atom stereocenters. The van der Waals surface area contributed by atoms with Gasteiger partial charge in [0.25, 0.3) is 0 Å². The summed E-state index contributed by atoms with van der Waals surface area (Å²) in [6.45, 7) is 1.99. The number of hydrazine groups is 1. The van der Waals surface area contributed by atoms with Gasteiger partial charge in [0.2, 0.25) is 0 Å². The lowest BCUT2D eigenvalue weighted by Crippen LogP contribution is -2.28. The molecular weight excluding hydrogens is 234 g/mol. The third-order valence-electron chi connectivity index (χ3n) is 2.66.